The minimum Gasteiger partial charge on any atom is -0.454 e. The molecule has 0 spiro atoms. The molecule has 162 valence electrons. The number of nitrogens with zero attached hydrogens (tertiary/aromatic N) is 5. The van der Waals surface area contributed by atoms with Gasteiger partial charge >= 0.3 is 0 Å². The Balaban J connectivity index is 1.22. The molecule has 0 unspecified atom stereocenters. The number of amides is 1. The molecule has 4 aromatic rings. The van der Waals surface area contributed by atoms with Crippen LogP contribution in [0.4, 0.5) is 4.39 Å². The van der Waals surface area contributed by atoms with E-state index in [1.54, 1.807) is 18.2 Å². The fraction of sp³-hybridized carbons (Fsp3) is 0.190. The number of hydrogen-bond acceptors (Lipinski definition) is 8. The molecule has 0 aliphatic carbocycles. The predicted molar refractivity (Wildman–Crippen MR) is 114 cm³/mol. The summed E-state index contributed by atoms with van der Waals surface area (Å²) in [5.74, 6) is 1.05. The van der Waals surface area contributed by atoms with Crippen molar-refractivity contribution in [2.24, 2.45) is 0 Å². The van der Waals surface area contributed by atoms with Gasteiger partial charge in [-0.05, 0) is 23.8 Å². The molecule has 32 heavy (non-hydrogen) atoms. The van der Waals surface area contributed by atoms with E-state index in [0.29, 0.717) is 39.8 Å². The third-order valence-corrected chi connectivity index (χ3v) is 5.79. The van der Waals surface area contributed by atoms with Crippen LogP contribution in [-0.4, -0.2) is 43.4 Å². The van der Waals surface area contributed by atoms with Crippen LogP contribution in [0.15, 0.2) is 53.8 Å². The van der Waals surface area contributed by atoms with Gasteiger partial charge in [0.1, 0.15) is 17.2 Å². The van der Waals surface area contributed by atoms with E-state index < -0.39 is 0 Å². The Morgan fingerprint density at radius 1 is 1.16 bits per heavy atom. The van der Waals surface area contributed by atoms with Gasteiger partial charge in [0.15, 0.2) is 22.7 Å². The van der Waals surface area contributed by atoms with Gasteiger partial charge in [0, 0.05) is 12.1 Å². The summed E-state index contributed by atoms with van der Waals surface area (Å²) in [5.41, 5.74) is 2.34. The predicted octanol–water partition coefficient (Wildman–Crippen LogP) is 2.55. The van der Waals surface area contributed by atoms with Crippen molar-refractivity contribution in [3.8, 4) is 11.5 Å². The van der Waals surface area contributed by atoms with Crippen molar-refractivity contribution in [3.63, 3.8) is 0 Å². The van der Waals surface area contributed by atoms with Crippen molar-refractivity contribution in [1.82, 2.24) is 30.3 Å². The van der Waals surface area contributed by atoms with Crippen LogP contribution in [0.3, 0.4) is 0 Å². The maximum absolute atomic E-state index is 14.0. The first-order valence-corrected chi connectivity index (χ1v) is 10.7. The van der Waals surface area contributed by atoms with E-state index in [1.165, 1.54) is 28.8 Å². The maximum Gasteiger partial charge on any atom is 0.231 e. The summed E-state index contributed by atoms with van der Waals surface area (Å²) in [5, 5.41) is 11.6. The summed E-state index contributed by atoms with van der Waals surface area (Å²) in [6.45, 7) is 0.772. The van der Waals surface area contributed by atoms with Crippen LogP contribution >= 0.6 is 11.8 Å². The van der Waals surface area contributed by atoms with Crippen LogP contribution in [0.25, 0.3) is 11.2 Å². The van der Waals surface area contributed by atoms with Crippen molar-refractivity contribution in [2.75, 3.05) is 12.5 Å². The Bertz CT molecular complexity index is 1300. The zero-order chi connectivity index (χ0) is 21.9. The van der Waals surface area contributed by atoms with Crippen molar-refractivity contribution in [3.05, 3.63) is 65.7 Å². The Labute approximate surface area is 186 Å². The highest BCUT2D eigenvalue weighted by molar-refractivity contribution is 8.00. The second-order valence-corrected chi connectivity index (χ2v) is 7.91. The lowest BCUT2D eigenvalue weighted by Gasteiger charge is -2.06. The molecule has 0 bridgehead atoms. The number of fused-ring (bicyclic) bond motifs is 2. The molecule has 0 fully saturated rings. The van der Waals surface area contributed by atoms with Crippen molar-refractivity contribution in [2.45, 2.75) is 18.1 Å². The lowest BCUT2D eigenvalue weighted by Crippen LogP contribution is -2.24. The van der Waals surface area contributed by atoms with E-state index in [-0.39, 0.29) is 30.8 Å². The number of carbonyl (C=O) groups excluding carboxylic acids is 1. The van der Waals surface area contributed by atoms with E-state index >= 15 is 0 Å². The monoisotopic (exact) mass is 452 g/mol. The lowest BCUT2D eigenvalue weighted by molar-refractivity contribution is -0.118. The number of carbonyl (C=O) groups is 1. The SMILES string of the molecule is O=C(CSc1ncnc2c1nnn2Cc1ccccc1F)NCc1ccc2c(c1)OCO2. The van der Waals surface area contributed by atoms with Crippen LogP contribution in [0.1, 0.15) is 11.1 Å². The summed E-state index contributed by atoms with van der Waals surface area (Å²) in [7, 11) is 0. The summed E-state index contributed by atoms with van der Waals surface area (Å²) >= 11 is 1.24. The van der Waals surface area contributed by atoms with Crippen LogP contribution in [0, 0.1) is 5.82 Å². The average Bonchev–Trinajstić information content (AvgIpc) is 3.45. The zero-order valence-electron chi connectivity index (χ0n) is 16.7. The molecule has 1 aliphatic rings. The third kappa shape index (κ3) is 4.19. The van der Waals surface area contributed by atoms with Gasteiger partial charge in [-0.15, -0.1) is 5.10 Å². The van der Waals surface area contributed by atoms with Gasteiger partial charge in [-0.1, -0.05) is 41.2 Å². The van der Waals surface area contributed by atoms with Crippen LogP contribution in [-0.2, 0) is 17.9 Å². The zero-order valence-corrected chi connectivity index (χ0v) is 17.5. The summed E-state index contributed by atoms with van der Waals surface area (Å²) in [6, 6.07) is 12.0. The summed E-state index contributed by atoms with van der Waals surface area (Å²) in [4.78, 5) is 20.8. The number of nitrogens with one attached hydrogen (secondary N) is 1. The standard InChI is InChI=1S/C21H17FN6O3S/c22-15-4-2-1-3-14(15)9-28-20-19(26-27-28)21(25-11-24-20)32-10-18(29)23-8-13-5-6-16-17(7-13)31-12-30-16/h1-7,11H,8-10,12H2,(H,23,29). The first-order chi connectivity index (χ1) is 15.7. The maximum atomic E-state index is 14.0. The number of hydrogen-bond donors (Lipinski definition) is 1. The van der Waals surface area contributed by atoms with E-state index in [4.69, 9.17) is 9.47 Å². The second-order valence-electron chi connectivity index (χ2n) is 6.94. The van der Waals surface area contributed by atoms with Gasteiger partial charge in [0.25, 0.3) is 0 Å². The largest absolute Gasteiger partial charge is 0.454 e. The van der Waals surface area contributed by atoms with E-state index in [2.05, 4.69) is 25.6 Å². The Kier molecular flexibility index (Phi) is 5.55. The minimum absolute atomic E-state index is 0.150. The number of benzene rings is 2. The Morgan fingerprint density at radius 2 is 2.03 bits per heavy atom. The number of thioether (sulfide) groups is 1. The molecule has 2 aromatic carbocycles. The lowest BCUT2D eigenvalue weighted by atomic mass is 10.2. The molecule has 1 N–H and O–H groups in total. The minimum atomic E-state index is -0.320. The van der Waals surface area contributed by atoms with E-state index in [9.17, 15) is 9.18 Å². The number of halogens is 1. The van der Waals surface area contributed by atoms with Crippen molar-refractivity contribution < 1.29 is 18.7 Å². The molecule has 0 atom stereocenters. The highest BCUT2D eigenvalue weighted by Crippen LogP contribution is 2.32. The van der Waals surface area contributed by atoms with Gasteiger partial charge in [-0.3, -0.25) is 4.79 Å². The fourth-order valence-corrected chi connectivity index (χ4v) is 3.97. The Hall–Kier alpha value is -3.73. The highest BCUT2D eigenvalue weighted by atomic mass is 32.2. The van der Waals surface area contributed by atoms with Gasteiger partial charge in [-0.2, -0.15) is 0 Å². The van der Waals surface area contributed by atoms with Crippen molar-refractivity contribution in [1.29, 1.82) is 0 Å². The molecule has 3 heterocycles. The number of ether oxygens (including phenoxy) is 2. The molecule has 0 radical (unpaired) electrons. The van der Waals surface area contributed by atoms with Crippen LogP contribution in [0.2, 0.25) is 0 Å². The Morgan fingerprint density at radius 3 is 2.94 bits per heavy atom. The number of aromatic nitrogens is 5. The molecule has 5 rings (SSSR count). The molecule has 0 saturated carbocycles. The van der Waals surface area contributed by atoms with Gasteiger partial charge in [0.2, 0.25) is 12.7 Å². The molecule has 1 amide bonds. The molecule has 2 aromatic heterocycles. The molecule has 9 nitrogen and oxygen atoms in total. The molecular formula is C21H17FN6O3S. The second kappa shape index (κ2) is 8.79. The quantitative estimate of drug-likeness (QED) is 0.337. The van der Waals surface area contributed by atoms with Crippen molar-refractivity contribution >= 4 is 28.8 Å². The van der Waals surface area contributed by atoms with Crippen LogP contribution < -0.4 is 14.8 Å². The topological polar surface area (TPSA) is 104 Å². The smallest absolute Gasteiger partial charge is 0.231 e. The average molecular weight is 452 g/mol. The number of rotatable bonds is 7. The third-order valence-electron chi connectivity index (χ3n) is 4.81. The van der Waals surface area contributed by atoms with Gasteiger partial charge in [-0.25, -0.2) is 19.0 Å². The van der Waals surface area contributed by atoms with E-state index in [1.807, 2.05) is 18.2 Å². The van der Waals surface area contributed by atoms with Crippen LogP contribution in [0.5, 0.6) is 11.5 Å². The summed E-state index contributed by atoms with van der Waals surface area (Å²) < 4.78 is 26.1. The molecule has 11 heteroatoms. The fourth-order valence-electron chi connectivity index (χ4n) is 3.21. The molecule has 1 aliphatic heterocycles. The van der Waals surface area contributed by atoms with E-state index in [0.717, 1.165) is 5.56 Å². The highest BCUT2D eigenvalue weighted by Gasteiger charge is 2.16. The molecular weight excluding hydrogens is 435 g/mol. The first kappa shape index (κ1) is 20.2. The summed E-state index contributed by atoms with van der Waals surface area (Å²) in [6.07, 6.45) is 1.39. The first-order valence-electron chi connectivity index (χ1n) is 9.73. The van der Waals surface area contributed by atoms with Gasteiger partial charge < -0.3 is 14.8 Å². The molecule has 0 saturated heterocycles. The van der Waals surface area contributed by atoms with Gasteiger partial charge in [0.05, 0.1) is 12.3 Å². The normalized spacial score (nSPS) is 12.3.